The van der Waals surface area contributed by atoms with Crippen LogP contribution in [0.1, 0.15) is 5.69 Å². The number of halogens is 2. The molecule has 2 heterocycles. The van der Waals surface area contributed by atoms with Gasteiger partial charge in [0.05, 0.1) is 9.72 Å². The highest BCUT2D eigenvalue weighted by Gasteiger charge is 2.09. The van der Waals surface area contributed by atoms with Gasteiger partial charge in [0.2, 0.25) is 4.90 Å². The molecule has 2 aromatic heterocycles. The lowest BCUT2D eigenvalue weighted by Gasteiger charge is -1.79. The molecule has 0 aliphatic carbocycles. The average Bonchev–Trinajstić information content (AvgIpc) is 2.45. The Balaban J connectivity index is 2.73. The van der Waals surface area contributed by atoms with E-state index in [0.717, 1.165) is 20.3 Å². The minimum absolute atomic E-state index is 0.701. The van der Waals surface area contributed by atoms with E-state index in [-0.39, 0.29) is 0 Å². The quantitative estimate of drug-likeness (QED) is 0.727. The zero-order valence-corrected chi connectivity index (χ0v) is 8.46. The number of fused-ring (bicyclic) bond motifs is 1. The van der Waals surface area contributed by atoms with E-state index in [1.807, 2.05) is 6.07 Å². The average molecular weight is 253 g/mol. The van der Waals surface area contributed by atoms with Gasteiger partial charge in [-0.2, -0.15) is 0 Å². The lowest BCUT2D eigenvalue weighted by molar-refractivity contribution is 0.455. The molecule has 0 atom stereocenters. The molecule has 0 fully saturated rings. The zero-order valence-electron chi connectivity index (χ0n) is 5.30. The maximum absolute atomic E-state index is 5.77. The number of nitrogens with zero attached hydrogens (tertiary/aromatic N) is 1. The lowest BCUT2D eigenvalue weighted by atomic mass is 10.3. The Hall–Kier alpha value is -0.0600. The summed E-state index contributed by atoms with van der Waals surface area (Å²) in [6, 6.07) is 1.87. The Labute approximate surface area is 80.3 Å². The standard InChI is InChI=1S/C6H3BrClNOS/c7-2-4-3-1-5(8)11-6(3)10-9-4/h1H,2H2. The molecule has 0 N–H and O–H groups in total. The normalized spacial score (nSPS) is 11.1. The van der Waals surface area contributed by atoms with Crippen LogP contribution in [0.25, 0.3) is 10.3 Å². The molecule has 2 aromatic rings. The molecule has 2 rings (SSSR count). The van der Waals surface area contributed by atoms with Gasteiger partial charge in [0, 0.05) is 5.33 Å². The minimum Gasteiger partial charge on any atom is -0.345 e. The van der Waals surface area contributed by atoms with Crippen LogP contribution in [-0.2, 0) is 5.33 Å². The van der Waals surface area contributed by atoms with Gasteiger partial charge >= 0.3 is 0 Å². The summed E-state index contributed by atoms with van der Waals surface area (Å²) in [6.07, 6.45) is 0. The van der Waals surface area contributed by atoms with Crippen molar-refractivity contribution in [2.45, 2.75) is 5.33 Å². The van der Waals surface area contributed by atoms with Gasteiger partial charge in [0.15, 0.2) is 0 Å². The number of hydrogen-bond acceptors (Lipinski definition) is 3. The third kappa shape index (κ3) is 1.19. The molecule has 0 aliphatic rings. The molecular weight excluding hydrogens is 249 g/mol. The molecule has 0 unspecified atom stereocenters. The summed E-state index contributed by atoms with van der Waals surface area (Å²) in [5.41, 5.74) is 0.906. The van der Waals surface area contributed by atoms with Crippen molar-refractivity contribution in [3.8, 4) is 0 Å². The highest BCUT2D eigenvalue weighted by Crippen LogP contribution is 2.31. The van der Waals surface area contributed by atoms with Crippen molar-refractivity contribution in [2.24, 2.45) is 0 Å². The number of rotatable bonds is 1. The molecule has 0 saturated heterocycles. The van der Waals surface area contributed by atoms with Gasteiger partial charge in [0.25, 0.3) is 0 Å². The third-order valence-electron chi connectivity index (χ3n) is 1.34. The van der Waals surface area contributed by atoms with E-state index in [1.165, 1.54) is 11.3 Å². The third-order valence-corrected chi connectivity index (χ3v) is 3.01. The van der Waals surface area contributed by atoms with Crippen LogP contribution >= 0.6 is 38.9 Å². The molecule has 0 amide bonds. The second-order valence-electron chi connectivity index (χ2n) is 2.01. The van der Waals surface area contributed by atoms with Crippen LogP contribution in [0.3, 0.4) is 0 Å². The summed E-state index contributed by atoms with van der Waals surface area (Å²) >= 11 is 10.5. The molecule has 0 aromatic carbocycles. The van der Waals surface area contributed by atoms with E-state index in [2.05, 4.69) is 21.1 Å². The predicted octanol–water partition coefficient (Wildman–Crippen LogP) is 3.44. The van der Waals surface area contributed by atoms with Gasteiger partial charge in [-0.1, -0.05) is 44.0 Å². The summed E-state index contributed by atoms with van der Waals surface area (Å²) in [5.74, 6) is 0. The summed E-state index contributed by atoms with van der Waals surface area (Å²) in [6.45, 7) is 0. The number of alkyl halides is 1. The van der Waals surface area contributed by atoms with Crippen LogP contribution in [0.15, 0.2) is 10.6 Å². The fourth-order valence-electron chi connectivity index (χ4n) is 0.856. The van der Waals surface area contributed by atoms with Crippen LogP contribution < -0.4 is 0 Å². The van der Waals surface area contributed by atoms with Gasteiger partial charge in [0.1, 0.15) is 5.69 Å². The summed E-state index contributed by atoms with van der Waals surface area (Å²) in [5, 5.41) is 5.56. The molecule has 0 bridgehead atoms. The molecule has 2 nitrogen and oxygen atoms in total. The first-order valence-corrected chi connectivity index (χ1v) is 5.22. The van der Waals surface area contributed by atoms with Gasteiger partial charge in [-0.3, -0.25) is 0 Å². The topological polar surface area (TPSA) is 26.0 Å². The first-order chi connectivity index (χ1) is 5.31. The first-order valence-electron chi connectivity index (χ1n) is 2.91. The highest BCUT2D eigenvalue weighted by molar-refractivity contribution is 9.08. The number of aromatic nitrogens is 1. The van der Waals surface area contributed by atoms with Crippen LogP contribution in [-0.4, -0.2) is 5.16 Å². The fourth-order valence-corrected chi connectivity index (χ4v) is 2.30. The predicted molar refractivity (Wildman–Crippen MR) is 49.5 cm³/mol. The SMILES string of the molecule is Clc1cc2c(CBr)noc2s1. The zero-order chi connectivity index (χ0) is 7.84. The number of thiophene rings is 1. The van der Waals surface area contributed by atoms with Crippen molar-refractivity contribution in [2.75, 3.05) is 0 Å². The van der Waals surface area contributed by atoms with Gasteiger partial charge < -0.3 is 4.52 Å². The van der Waals surface area contributed by atoms with E-state index < -0.39 is 0 Å². The van der Waals surface area contributed by atoms with Crippen LogP contribution in [0.2, 0.25) is 4.34 Å². The van der Waals surface area contributed by atoms with E-state index in [4.69, 9.17) is 16.1 Å². The maximum atomic E-state index is 5.77. The summed E-state index contributed by atoms with van der Waals surface area (Å²) < 4.78 is 5.75. The van der Waals surface area contributed by atoms with Crippen molar-refractivity contribution < 1.29 is 4.52 Å². The Bertz CT molecular complexity index is 383. The van der Waals surface area contributed by atoms with Crippen molar-refractivity contribution in [1.29, 1.82) is 0 Å². The Morgan fingerprint density at radius 3 is 3.27 bits per heavy atom. The second-order valence-corrected chi connectivity index (χ2v) is 4.22. The van der Waals surface area contributed by atoms with E-state index in [0.29, 0.717) is 5.33 Å². The molecule has 0 saturated carbocycles. The molecule has 0 aliphatic heterocycles. The largest absolute Gasteiger partial charge is 0.345 e. The second kappa shape index (κ2) is 2.77. The van der Waals surface area contributed by atoms with Crippen molar-refractivity contribution in [3.05, 3.63) is 16.1 Å². The van der Waals surface area contributed by atoms with Gasteiger partial charge in [-0.25, -0.2) is 0 Å². The lowest BCUT2D eigenvalue weighted by Crippen LogP contribution is -1.72. The Kier molecular flexibility index (Phi) is 1.91. The smallest absolute Gasteiger partial charge is 0.222 e. The van der Waals surface area contributed by atoms with Crippen molar-refractivity contribution >= 4 is 49.2 Å². The molecule has 5 heteroatoms. The van der Waals surface area contributed by atoms with E-state index >= 15 is 0 Å². The monoisotopic (exact) mass is 251 g/mol. The molecular formula is C6H3BrClNOS. The van der Waals surface area contributed by atoms with Crippen LogP contribution in [0, 0.1) is 0 Å². The molecule has 11 heavy (non-hydrogen) atoms. The van der Waals surface area contributed by atoms with Gasteiger partial charge in [-0.15, -0.1) is 0 Å². The van der Waals surface area contributed by atoms with Crippen LogP contribution in [0.4, 0.5) is 0 Å². The first kappa shape index (κ1) is 7.58. The maximum Gasteiger partial charge on any atom is 0.222 e. The fraction of sp³-hybridized carbons (Fsp3) is 0.167. The summed E-state index contributed by atoms with van der Waals surface area (Å²) in [7, 11) is 0. The molecule has 0 spiro atoms. The van der Waals surface area contributed by atoms with Crippen LogP contribution in [0.5, 0.6) is 0 Å². The van der Waals surface area contributed by atoms with Crippen molar-refractivity contribution in [1.82, 2.24) is 5.16 Å². The Morgan fingerprint density at radius 1 is 1.73 bits per heavy atom. The minimum atomic E-state index is 0.701. The molecule has 0 radical (unpaired) electrons. The Morgan fingerprint density at radius 2 is 2.55 bits per heavy atom. The van der Waals surface area contributed by atoms with E-state index in [9.17, 15) is 0 Å². The highest BCUT2D eigenvalue weighted by atomic mass is 79.9. The number of hydrogen-bond donors (Lipinski definition) is 0. The summed E-state index contributed by atoms with van der Waals surface area (Å²) in [4.78, 5) is 0.796. The van der Waals surface area contributed by atoms with Crippen molar-refractivity contribution in [3.63, 3.8) is 0 Å². The van der Waals surface area contributed by atoms with Gasteiger partial charge in [-0.05, 0) is 6.07 Å². The van der Waals surface area contributed by atoms with E-state index in [1.54, 1.807) is 0 Å². The molecule has 58 valence electrons.